The first-order chi connectivity index (χ1) is 11.3. The molecule has 3 aromatic rings. The SMILES string of the molecule is Cn1cc(-c2nnc(NCC3(c4ccccc4)CCC3)o2)cn1. The Morgan fingerprint density at radius 1 is 1.22 bits per heavy atom. The highest BCUT2D eigenvalue weighted by molar-refractivity contribution is 5.50. The second-order valence-corrected chi connectivity index (χ2v) is 6.17. The molecule has 1 aliphatic rings. The van der Waals surface area contributed by atoms with Gasteiger partial charge < -0.3 is 9.73 Å². The largest absolute Gasteiger partial charge is 0.403 e. The van der Waals surface area contributed by atoms with Crippen molar-refractivity contribution in [2.45, 2.75) is 24.7 Å². The van der Waals surface area contributed by atoms with Crippen LogP contribution in [0, 0.1) is 0 Å². The van der Waals surface area contributed by atoms with Gasteiger partial charge in [-0.3, -0.25) is 4.68 Å². The van der Waals surface area contributed by atoms with E-state index in [1.165, 1.54) is 24.8 Å². The van der Waals surface area contributed by atoms with Gasteiger partial charge in [-0.15, -0.1) is 5.10 Å². The lowest BCUT2D eigenvalue weighted by molar-refractivity contribution is 0.258. The fourth-order valence-corrected chi connectivity index (χ4v) is 3.15. The molecule has 1 N–H and O–H groups in total. The topological polar surface area (TPSA) is 68.8 Å². The van der Waals surface area contributed by atoms with E-state index in [0.29, 0.717) is 11.9 Å². The highest BCUT2D eigenvalue weighted by Gasteiger charge is 2.38. The number of nitrogens with one attached hydrogen (secondary N) is 1. The summed E-state index contributed by atoms with van der Waals surface area (Å²) in [6.07, 6.45) is 7.21. The quantitative estimate of drug-likeness (QED) is 0.784. The van der Waals surface area contributed by atoms with Crippen LogP contribution >= 0.6 is 0 Å². The number of aryl methyl sites for hydroxylation is 1. The third-order valence-corrected chi connectivity index (χ3v) is 4.65. The molecule has 1 aromatic carbocycles. The Morgan fingerprint density at radius 2 is 2.04 bits per heavy atom. The van der Waals surface area contributed by atoms with Gasteiger partial charge in [-0.2, -0.15) is 5.10 Å². The number of aromatic nitrogens is 4. The molecule has 0 amide bonds. The predicted molar refractivity (Wildman–Crippen MR) is 87.0 cm³/mol. The molecular weight excluding hydrogens is 290 g/mol. The molecule has 0 saturated heterocycles. The molecule has 6 nitrogen and oxygen atoms in total. The second kappa shape index (κ2) is 5.53. The van der Waals surface area contributed by atoms with Gasteiger partial charge in [0.25, 0.3) is 5.89 Å². The van der Waals surface area contributed by atoms with Crippen molar-refractivity contribution >= 4 is 6.01 Å². The van der Waals surface area contributed by atoms with Crippen LogP contribution in [-0.2, 0) is 12.5 Å². The maximum Gasteiger partial charge on any atom is 0.315 e. The van der Waals surface area contributed by atoms with Crippen LogP contribution in [0.25, 0.3) is 11.5 Å². The number of nitrogens with zero attached hydrogens (tertiary/aromatic N) is 4. The first-order valence-corrected chi connectivity index (χ1v) is 7.87. The fraction of sp³-hybridized carbons (Fsp3) is 0.353. The van der Waals surface area contributed by atoms with Gasteiger partial charge >= 0.3 is 6.01 Å². The van der Waals surface area contributed by atoms with Crippen molar-refractivity contribution in [1.29, 1.82) is 0 Å². The molecule has 0 bridgehead atoms. The molecule has 0 spiro atoms. The van der Waals surface area contributed by atoms with Crippen LogP contribution in [-0.4, -0.2) is 26.5 Å². The summed E-state index contributed by atoms with van der Waals surface area (Å²) in [4.78, 5) is 0. The number of rotatable bonds is 5. The Bertz CT molecular complexity index is 788. The lowest BCUT2D eigenvalue weighted by Gasteiger charge is -2.42. The minimum absolute atomic E-state index is 0.185. The standard InChI is InChI=1S/C17H19N5O/c1-22-11-13(10-19-22)15-20-21-16(23-15)18-12-17(8-5-9-17)14-6-3-2-4-7-14/h2-4,6-7,10-11H,5,8-9,12H2,1H3,(H,18,21). The van der Waals surface area contributed by atoms with E-state index >= 15 is 0 Å². The smallest absolute Gasteiger partial charge is 0.315 e. The monoisotopic (exact) mass is 309 g/mol. The second-order valence-electron chi connectivity index (χ2n) is 6.17. The fourth-order valence-electron chi connectivity index (χ4n) is 3.15. The number of hydrogen-bond acceptors (Lipinski definition) is 5. The zero-order valence-electron chi connectivity index (χ0n) is 13.1. The van der Waals surface area contributed by atoms with Crippen LogP contribution < -0.4 is 5.32 Å². The van der Waals surface area contributed by atoms with Crippen LogP contribution in [0.5, 0.6) is 0 Å². The zero-order valence-corrected chi connectivity index (χ0v) is 13.1. The molecule has 2 heterocycles. The van der Waals surface area contributed by atoms with Crippen molar-refractivity contribution in [2.24, 2.45) is 7.05 Å². The van der Waals surface area contributed by atoms with E-state index in [1.807, 2.05) is 13.2 Å². The van der Waals surface area contributed by atoms with Gasteiger partial charge in [0.2, 0.25) is 0 Å². The maximum absolute atomic E-state index is 5.70. The van der Waals surface area contributed by atoms with Gasteiger partial charge in [0.15, 0.2) is 0 Å². The Balaban J connectivity index is 1.48. The van der Waals surface area contributed by atoms with Crippen molar-refractivity contribution in [3.05, 3.63) is 48.3 Å². The van der Waals surface area contributed by atoms with Gasteiger partial charge in [0.1, 0.15) is 0 Å². The molecular formula is C17H19N5O. The van der Waals surface area contributed by atoms with Crippen molar-refractivity contribution in [2.75, 3.05) is 11.9 Å². The van der Waals surface area contributed by atoms with Gasteiger partial charge in [-0.05, 0) is 18.4 Å². The van der Waals surface area contributed by atoms with Gasteiger partial charge in [-0.25, -0.2) is 0 Å². The van der Waals surface area contributed by atoms with E-state index in [2.05, 4.69) is 50.9 Å². The molecule has 118 valence electrons. The van der Waals surface area contributed by atoms with E-state index in [9.17, 15) is 0 Å². The van der Waals surface area contributed by atoms with Crippen LogP contribution in [0.1, 0.15) is 24.8 Å². The molecule has 1 saturated carbocycles. The summed E-state index contributed by atoms with van der Waals surface area (Å²) in [5.41, 5.74) is 2.39. The van der Waals surface area contributed by atoms with Gasteiger partial charge in [0, 0.05) is 25.2 Å². The lowest BCUT2D eigenvalue weighted by atomic mass is 9.64. The van der Waals surface area contributed by atoms with E-state index < -0.39 is 0 Å². The van der Waals surface area contributed by atoms with Crippen molar-refractivity contribution in [1.82, 2.24) is 20.0 Å². The molecule has 2 aromatic heterocycles. The van der Waals surface area contributed by atoms with E-state index in [0.717, 1.165) is 12.1 Å². The van der Waals surface area contributed by atoms with E-state index in [-0.39, 0.29) is 5.41 Å². The lowest BCUT2D eigenvalue weighted by Crippen LogP contribution is -2.40. The zero-order chi connectivity index (χ0) is 15.7. The summed E-state index contributed by atoms with van der Waals surface area (Å²) in [6, 6.07) is 11.1. The van der Waals surface area contributed by atoms with Crippen molar-refractivity contribution in [3.8, 4) is 11.5 Å². The molecule has 0 unspecified atom stereocenters. The maximum atomic E-state index is 5.70. The summed E-state index contributed by atoms with van der Waals surface area (Å²) in [5, 5.41) is 15.6. The normalized spacial score (nSPS) is 16.0. The molecule has 0 radical (unpaired) electrons. The minimum atomic E-state index is 0.185. The summed E-state index contributed by atoms with van der Waals surface area (Å²) >= 11 is 0. The number of benzene rings is 1. The van der Waals surface area contributed by atoms with Crippen molar-refractivity contribution < 1.29 is 4.42 Å². The minimum Gasteiger partial charge on any atom is -0.403 e. The van der Waals surface area contributed by atoms with Crippen LogP contribution in [0.15, 0.2) is 47.1 Å². The molecule has 0 atom stereocenters. The molecule has 23 heavy (non-hydrogen) atoms. The third kappa shape index (κ3) is 2.60. The van der Waals surface area contributed by atoms with Crippen LogP contribution in [0.3, 0.4) is 0 Å². The summed E-state index contributed by atoms with van der Waals surface area (Å²) < 4.78 is 7.41. The van der Waals surface area contributed by atoms with Crippen LogP contribution in [0.4, 0.5) is 6.01 Å². The van der Waals surface area contributed by atoms with Gasteiger partial charge in [0.05, 0.1) is 11.8 Å². The Labute approximate surface area is 134 Å². The highest BCUT2D eigenvalue weighted by Crippen LogP contribution is 2.43. The Kier molecular flexibility index (Phi) is 3.37. The Hall–Kier alpha value is -2.63. The summed E-state index contributed by atoms with van der Waals surface area (Å²) in [5.74, 6) is 0.489. The first kappa shape index (κ1) is 14.0. The van der Waals surface area contributed by atoms with Gasteiger partial charge in [-0.1, -0.05) is 41.9 Å². The Morgan fingerprint density at radius 3 is 2.70 bits per heavy atom. The number of hydrogen-bond donors (Lipinski definition) is 1. The average molecular weight is 309 g/mol. The molecule has 4 rings (SSSR count). The molecule has 6 heteroatoms. The van der Waals surface area contributed by atoms with Crippen molar-refractivity contribution in [3.63, 3.8) is 0 Å². The number of anilines is 1. The van der Waals surface area contributed by atoms with E-state index in [4.69, 9.17) is 4.42 Å². The summed E-state index contributed by atoms with van der Waals surface area (Å²) in [6.45, 7) is 0.811. The first-order valence-electron chi connectivity index (χ1n) is 7.87. The van der Waals surface area contributed by atoms with E-state index in [1.54, 1.807) is 10.9 Å². The average Bonchev–Trinajstić information content (AvgIpc) is 3.16. The molecule has 0 aliphatic heterocycles. The highest BCUT2D eigenvalue weighted by atomic mass is 16.4. The predicted octanol–water partition coefficient (Wildman–Crippen LogP) is 3.00. The molecule has 1 aliphatic carbocycles. The summed E-state index contributed by atoms with van der Waals surface area (Å²) in [7, 11) is 1.86. The molecule has 1 fully saturated rings. The third-order valence-electron chi connectivity index (χ3n) is 4.65. The van der Waals surface area contributed by atoms with Crippen LogP contribution in [0.2, 0.25) is 0 Å².